The normalized spacial score (nSPS) is 12.0. The van der Waals surface area contributed by atoms with E-state index in [0.717, 1.165) is 16.1 Å². The lowest BCUT2D eigenvalue weighted by molar-refractivity contribution is -0.139. The van der Waals surface area contributed by atoms with E-state index in [4.69, 9.17) is 34.8 Å². The van der Waals surface area contributed by atoms with Gasteiger partial charge in [-0.05, 0) is 42.0 Å². The number of hydrogen-bond acceptors (Lipinski definition) is 4. The Morgan fingerprint density at radius 1 is 0.892 bits per heavy atom. The summed E-state index contributed by atoms with van der Waals surface area (Å²) in [5.74, 6) is -1.03. The summed E-state index contributed by atoms with van der Waals surface area (Å²) in [6.07, 6.45) is 1.19. The van der Waals surface area contributed by atoms with Crippen molar-refractivity contribution >= 4 is 62.3 Å². The first-order valence-electron chi connectivity index (χ1n) is 11.2. The van der Waals surface area contributed by atoms with Crippen molar-refractivity contribution in [3.8, 4) is 0 Å². The molecule has 0 spiro atoms. The number of likely N-dealkylation sites (N-methyl/N-ethyl adjacent to an activating group) is 1. The van der Waals surface area contributed by atoms with Gasteiger partial charge in [-0.25, -0.2) is 8.42 Å². The van der Waals surface area contributed by atoms with Crippen molar-refractivity contribution in [3.05, 3.63) is 99.0 Å². The third kappa shape index (κ3) is 7.61. The highest BCUT2D eigenvalue weighted by Crippen LogP contribution is 2.28. The highest BCUT2D eigenvalue weighted by molar-refractivity contribution is 7.92. The lowest BCUT2D eigenvalue weighted by Crippen LogP contribution is -2.53. The van der Waals surface area contributed by atoms with Crippen LogP contribution in [0.15, 0.2) is 72.8 Å². The van der Waals surface area contributed by atoms with E-state index in [1.165, 1.54) is 36.2 Å². The molecule has 0 aromatic heterocycles. The summed E-state index contributed by atoms with van der Waals surface area (Å²) in [6.45, 7) is -0.661. The van der Waals surface area contributed by atoms with Crippen LogP contribution in [-0.4, -0.2) is 51.0 Å². The smallest absolute Gasteiger partial charge is 0.244 e. The zero-order chi connectivity index (χ0) is 27.2. The average Bonchev–Trinajstić information content (AvgIpc) is 2.86. The van der Waals surface area contributed by atoms with Gasteiger partial charge in [-0.15, -0.1) is 0 Å². The van der Waals surface area contributed by atoms with Crippen LogP contribution in [0.2, 0.25) is 15.1 Å². The summed E-state index contributed by atoms with van der Waals surface area (Å²) in [4.78, 5) is 28.3. The SMILES string of the molecule is CNC(=O)[C@@H](Cc1ccccc1)N(Cc1c(Cl)cccc1Cl)C(=O)CN(c1ccc(Cl)cc1)S(C)(=O)=O. The Morgan fingerprint density at radius 2 is 1.49 bits per heavy atom. The second-order valence-corrected chi connectivity index (χ2v) is 11.4. The number of rotatable bonds is 10. The van der Waals surface area contributed by atoms with Gasteiger partial charge in [0.2, 0.25) is 21.8 Å². The topological polar surface area (TPSA) is 86.8 Å². The van der Waals surface area contributed by atoms with Crippen LogP contribution in [0, 0.1) is 0 Å². The molecule has 196 valence electrons. The van der Waals surface area contributed by atoms with Crippen LogP contribution in [0.4, 0.5) is 5.69 Å². The van der Waals surface area contributed by atoms with Crippen molar-refractivity contribution in [2.75, 3.05) is 24.2 Å². The summed E-state index contributed by atoms with van der Waals surface area (Å²) in [5, 5.41) is 3.67. The Balaban J connectivity index is 2.06. The van der Waals surface area contributed by atoms with Gasteiger partial charge in [0, 0.05) is 40.6 Å². The number of anilines is 1. The molecule has 7 nitrogen and oxygen atoms in total. The van der Waals surface area contributed by atoms with Gasteiger partial charge in [0.15, 0.2) is 0 Å². The third-order valence-corrected chi connectivity index (χ3v) is 7.80. The van der Waals surface area contributed by atoms with Crippen LogP contribution < -0.4 is 9.62 Å². The molecule has 1 atom stereocenters. The summed E-state index contributed by atoms with van der Waals surface area (Å²) < 4.78 is 26.4. The molecule has 3 rings (SSSR count). The van der Waals surface area contributed by atoms with Gasteiger partial charge in [0.1, 0.15) is 12.6 Å². The van der Waals surface area contributed by atoms with Gasteiger partial charge in [-0.2, -0.15) is 0 Å². The fourth-order valence-corrected chi connectivity index (χ4v) is 5.29. The number of halogens is 3. The van der Waals surface area contributed by atoms with E-state index in [0.29, 0.717) is 20.6 Å². The zero-order valence-corrected chi connectivity index (χ0v) is 23.3. The van der Waals surface area contributed by atoms with Crippen molar-refractivity contribution < 1.29 is 18.0 Å². The van der Waals surface area contributed by atoms with E-state index < -0.39 is 34.4 Å². The van der Waals surface area contributed by atoms with E-state index in [-0.39, 0.29) is 18.7 Å². The van der Waals surface area contributed by atoms with Crippen LogP contribution in [0.5, 0.6) is 0 Å². The molecule has 0 aliphatic rings. The highest BCUT2D eigenvalue weighted by Gasteiger charge is 2.33. The Bertz CT molecular complexity index is 1330. The molecule has 0 heterocycles. The van der Waals surface area contributed by atoms with Gasteiger partial charge < -0.3 is 10.2 Å². The lowest BCUT2D eigenvalue weighted by Gasteiger charge is -2.33. The van der Waals surface area contributed by atoms with Crippen LogP contribution >= 0.6 is 34.8 Å². The first kappa shape index (κ1) is 28.8. The molecule has 37 heavy (non-hydrogen) atoms. The quantitative estimate of drug-likeness (QED) is 0.372. The van der Waals surface area contributed by atoms with Crippen LogP contribution in [0.3, 0.4) is 0 Å². The van der Waals surface area contributed by atoms with Crippen molar-refractivity contribution in [1.29, 1.82) is 0 Å². The minimum Gasteiger partial charge on any atom is -0.357 e. The standard InChI is InChI=1S/C26H26Cl3N3O4S/c1-30-26(34)24(15-18-7-4-3-5-8-18)31(16-21-22(28)9-6-10-23(21)29)25(33)17-32(37(2,35)36)20-13-11-19(27)12-14-20/h3-14,24H,15-17H2,1-2H3,(H,30,34)/t24-/m1/s1. The molecule has 0 aliphatic heterocycles. The van der Waals surface area contributed by atoms with Gasteiger partial charge in [-0.3, -0.25) is 13.9 Å². The first-order valence-corrected chi connectivity index (χ1v) is 14.2. The highest BCUT2D eigenvalue weighted by atomic mass is 35.5. The number of hydrogen-bond donors (Lipinski definition) is 1. The van der Waals surface area contributed by atoms with Gasteiger partial charge in [-0.1, -0.05) is 71.2 Å². The summed E-state index contributed by atoms with van der Waals surface area (Å²) in [7, 11) is -2.39. The average molecular weight is 583 g/mol. The molecular weight excluding hydrogens is 557 g/mol. The van der Waals surface area contributed by atoms with Gasteiger partial charge >= 0.3 is 0 Å². The lowest BCUT2D eigenvalue weighted by atomic mass is 10.0. The first-order chi connectivity index (χ1) is 17.5. The Kier molecular flexibility index (Phi) is 9.84. The molecule has 0 bridgehead atoms. The number of carbonyl (C=O) groups excluding carboxylic acids is 2. The molecule has 2 amide bonds. The number of nitrogens with one attached hydrogen (secondary N) is 1. The van der Waals surface area contributed by atoms with Crippen molar-refractivity contribution in [3.63, 3.8) is 0 Å². The van der Waals surface area contributed by atoms with Crippen LogP contribution in [-0.2, 0) is 32.6 Å². The minimum absolute atomic E-state index is 0.111. The molecule has 3 aromatic carbocycles. The van der Waals surface area contributed by atoms with E-state index in [2.05, 4.69) is 5.32 Å². The van der Waals surface area contributed by atoms with E-state index in [9.17, 15) is 18.0 Å². The monoisotopic (exact) mass is 581 g/mol. The van der Waals surface area contributed by atoms with Gasteiger partial charge in [0.05, 0.1) is 11.9 Å². The Labute approximate surface area is 232 Å². The number of amides is 2. The maximum Gasteiger partial charge on any atom is 0.244 e. The van der Waals surface area contributed by atoms with Crippen LogP contribution in [0.25, 0.3) is 0 Å². The summed E-state index contributed by atoms with van der Waals surface area (Å²) >= 11 is 18.8. The predicted molar refractivity (Wildman–Crippen MR) is 149 cm³/mol. The summed E-state index contributed by atoms with van der Waals surface area (Å²) in [6, 6.07) is 19.2. The molecule has 0 unspecified atom stereocenters. The largest absolute Gasteiger partial charge is 0.357 e. The molecular formula is C26H26Cl3N3O4S. The molecule has 0 radical (unpaired) electrons. The molecule has 0 saturated heterocycles. The molecule has 1 N–H and O–H groups in total. The zero-order valence-electron chi connectivity index (χ0n) is 20.2. The third-order valence-electron chi connectivity index (χ3n) is 5.70. The number of nitrogens with zero attached hydrogens (tertiary/aromatic N) is 2. The molecule has 11 heteroatoms. The van der Waals surface area contributed by atoms with Crippen LogP contribution in [0.1, 0.15) is 11.1 Å². The minimum atomic E-state index is -3.87. The fourth-order valence-electron chi connectivity index (χ4n) is 3.80. The number of sulfonamides is 1. The van der Waals surface area contributed by atoms with E-state index >= 15 is 0 Å². The summed E-state index contributed by atoms with van der Waals surface area (Å²) in [5.41, 5.74) is 1.52. The molecule has 0 saturated carbocycles. The predicted octanol–water partition coefficient (Wildman–Crippen LogP) is 4.80. The van der Waals surface area contributed by atoms with E-state index in [1.807, 2.05) is 30.3 Å². The molecule has 0 fully saturated rings. The second kappa shape index (κ2) is 12.6. The van der Waals surface area contributed by atoms with Crippen molar-refractivity contribution in [2.45, 2.75) is 19.0 Å². The molecule has 3 aromatic rings. The number of benzene rings is 3. The fraction of sp³-hybridized carbons (Fsp3) is 0.231. The Hall–Kier alpha value is -2.78. The number of carbonyl (C=O) groups is 2. The Morgan fingerprint density at radius 3 is 2.03 bits per heavy atom. The maximum absolute atomic E-state index is 13.8. The molecule has 0 aliphatic carbocycles. The van der Waals surface area contributed by atoms with Gasteiger partial charge in [0.25, 0.3) is 0 Å². The van der Waals surface area contributed by atoms with E-state index in [1.54, 1.807) is 18.2 Å². The van der Waals surface area contributed by atoms with Crippen molar-refractivity contribution in [2.24, 2.45) is 0 Å². The second-order valence-electron chi connectivity index (χ2n) is 8.29. The maximum atomic E-state index is 13.8. The van der Waals surface area contributed by atoms with Crippen molar-refractivity contribution in [1.82, 2.24) is 10.2 Å².